The number of aromatic nitrogens is 2. The minimum Gasteiger partial charge on any atom is -0.384 e. The monoisotopic (exact) mass is 257 g/mol. The van der Waals surface area contributed by atoms with Gasteiger partial charge in [0.15, 0.2) is 0 Å². The zero-order chi connectivity index (χ0) is 12.8. The minimum absolute atomic E-state index is 0.550. The van der Waals surface area contributed by atoms with Gasteiger partial charge < -0.3 is 14.6 Å². The molecular weight excluding hydrogens is 238 g/mol. The lowest BCUT2D eigenvalue weighted by Crippen LogP contribution is -2.17. The number of fused-ring (bicyclic) bond motifs is 2. The van der Waals surface area contributed by atoms with Crippen molar-refractivity contribution >= 4 is 16.7 Å². The number of hydrogen-bond acceptors (Lipinski definition) is 3. The highest BCUT2D eigenvalue weighted by molar-refractivity contribution is 5.83. The summed E-state index contributed by atoms with van der Waals surface area (Å²) in [5, 5.41) is 3.43. The summed E-state index contributed by atoms with van der Waals surface area (Å²) in [4.78, 5) is 4.88. The van der Waals surface area contributed by atoms with E-state index in [2.05, 4.69) is 29.1 Å². The number of anilines is 1. The number of hydrogen-bond donors (Lipinski definition) is 1. The maximum Gasteiger partial charge on any atom is 0.112 e. The standard InChI is InChI=1S/C15H19N3O/c1-18-14-8-11-2-5-16-12(11)9-13(14)17-15(18)10-3-6-19-7-4-10/h8-10,16H,2-7H2,1H3. The molecule has 2 aliphatic heterocycles. The highest BCUT2D eigenvalue weighted by Gasteiger charge is 2.22. The molecule has 1 N–H and O–H groups in total. The van der Waals surface area contributed by atoms with Crippen LogP contribution in [0.15, 0.2) is 12.1 Å². The molecule has 0 atom stereocenters. The molecule has 1 aromatic heterocycles. The first-order chi connectivity index (χ1) is 9.33. The van der Waals surface area contributed by atoms with E-state index in [0.29, 0.717) is 5.92 Å². The largest absolute Gasteiger partial charge is 0.384 e. The highest BCUT2D eigenvalue weighted by Crippen LogP contribution is 2.32. The van der Waals surface area contributed by atoms with Crippen molar-refractivity contribution < 1.29 is 4.74 Å². The summed E-state index contributed by atoms with van der Waals surface area (Å²) in [6.07, 6.45) is 3.31. The third-order valence-electron chi connectivity index (χ3n) is 4.44. The molecule has 4 heteroatoms. The molecule has 100 valence electrons. The first-order valence-electron chi connectivity index (χ1n) is 7.14. The Morgan fingerprint density at radius 3 is 3.00 bits per heavy atom. The normalized spacial score (nSPS) is 19.6. The van der Waals surface area contributed by atoms with E-state index in [4.69, 9.17) is 9.72 Å². The van der Waals surface area contributed by atoms with Crippen LogP contribution in [-0.4, -0.2) is 29.3 Å². The summed E-state index contributed by atoms with van der Waals surface area (Å²) in [6.45, 7) is 2.79. The lowest BCUT2D eigenvalue weighted by Gasteiger charge is -2.21. The molecule has 0 amide bonds. The van der Waals surface area contributed by atoms with Crippen molar-refractivity contribution in [2.75, 3.05) is 25.1 Å². The van der Waals surface area contributed by atoms with Crippen molar-refractivity contribution in [2.45, 2.75) is 25.2 Å². The number of benzene rings is 1. The molecule has 0 unspecified atom stereocenters. The summed E-state index contributed by atoms with van der Waals surface area (Å²) in [6, 6.07) is 4.51. The van der Waals surface area contributed by atoms with Gasteiger partial charge in [-0.2, -0.15) is 0 Å². The second kappa shape index (κ2) is 4.23. The van der Waals surface area contributed by atoms with E-state index in [0.717, 1.165) is 44.5 Å². The molecular formula is C15H19N3O. The van der Waals surface area contributed by atoms with Crippen LogP contribution in [0.1, 0.15) is 30.1 Å². The van der Waals surface area contributed by atoms with Gasteiger partial charge in [0, 0.05) is 38.4 Å². The van der Waals surface area contributed by atoms with E-state index < -0.39 is 0 Å². The molecule has 1 aromatic carbocycles. The Labute approximate surface area is 112 Å². The molecule has 0 aliphatic carbocycles. The molecule has 0 bridgehead atoms. The summed E-state index contributed by atoms with van der Waals surface area (Å²) in [5.74, 6) is 1.77. The fourth-order valence-electron chi connectivity index (χ4n) is 3.32. The summed E-state index contributed by atoms with van der Waals surface area (Å²) in [5.41, 5.74) is 5.08. The van der Waals surface area contributed by atoms with Gasteiger partial charge >= 0.3 is 0 Å². The number of aryl methyl sites for hydroxylation is 1. The second-order valence-corrected chi connectivity index (χ2v) is 5.59. The van der Waals surface area contributed by atoms with Gasteiger partial charge in [-0.05, 0) is 37.0 Å². The molecule has 19 heavy (non-hydrogen) atoms. The van der Waals surface area contributed by atoms with Gasteiger partial charge in [-0.25, -0.2) is 4.98 Å². The van der Waals surface area contributed by atoms with Crippen LogP contribution in [-0.2, 0) is 18.2 Å². The van der Waals surface area contributed by atoms with Crippen LogP contribution in [0, 0.1) is 0 Å². The average Bonchev–Trinajstić information content (AvgIpc) is 3.02. The predicted octanol–water partition coefficient (Wildman–Crippen LogP) is 2.44. The maximum atomic E-state index is 5.45. The quantitative estimate of drug-likeness (QED) is 0.853. The Kier molecular flexibility index (Phi) is 2.52. The smallest absolute Gasteiger partial charge is 0.112 e. The Morgan fingerprint density at radius 2 is 2.16 bits per heavy atom. The van der Waals surface area contributed by atoms with Gasteiger partial charge in [-0.15, -0.1) is 0 Å². The molecule has 2 aliphatic rings. The van der Waals surface area contributed by atoms with Crippen LogP contribution >= 0.6 is 0 Å². The third-order valence-corrected chi connectivity index (χ3v) is 4.44. The lowest BCUT2D eigenvalue weighted by molar-refractivity contribution is 0.0831. The first-order valence-corrected chi connectivity index (χ1v) is 7.14. The summed E-state index contributed by atoms with van der Waals surface area (Å²) in [7, 11) is 2.15. The van der Waals surface area contributed by atoms with Crippen molar-refractivity contribution in [3.8, 4) is 0 Å². The van der Waals surface area contributed by atoms with Gasteiger partial charge in [0.05, 0.1) is 11.0 Å². The molecule has 4 nitrogen and oxygen atoms in total. The Balaban J connectivity index is 1.82. The van der Waals surface area contributed by atoms with Crippen LogP contribution in [0.3, 0.4) is 0 Å². The topological polar surface area (TPSA) is 39.1 Å². The fraction of sp³-hybridized carbons (Fsp3) is 0.533. The number of imidazole rings is 1. The summed E-state index contributed by atoms with van der Waals surface area (Å²) < 4.78 is 7.73. The summed E-state index contributed by atoms with van der Waals surface area (Å²) >= 11 is 0. The van der Waals surface area contributed by atoms with Gasteiger partial charge in [0.25, 0.3) is 0 Å². The van der Waals surface area contributed by atoms with Crippen LogP contribution in [0.5, 0.6) is 0 Å². The molecule has 0 spiro atoms. The van der Waals surface area contributed by atoms with E-state index in [1.165, 1.54) is 22.6 Å². The molecule has 0 radical (unpaired) electrons. The number of ether oxygens (including phenoxy) is 1. The Morgan fingerprint density at radius 1 is 1.32 bits per heavy atom. The predicted molar refractivity (Wildman–Crippen MR) is 75.7 cm³/mol. The van der Waals surface area contributed by atoms with E-state index in [-0.39, 0.29) is 0 Å². The molecule has 3 heterocycles. The zero-order valence-electron chi connectivity index (χ0n) is 11.3. The Bertz CT molecular complexity index is 626. The number of rotatable bonds is 1. The average molecular weight is 257 g/mol. The number of nitrogens with zero attached hydrogens (tertiary/aromatic N) is 2. The lowest BCUT2D eigenvalue weighted by atomic mass is 9.99. The van der Waals surface area contributed by atoms with E-state index in [9.17, 15) is 0 Å². The molecule has 0 saturated carbocycles. The van der Waals surface area contributed by atoms with Crippen LogP contribution in [0.4, 0.5) is 5.69 Å². The SMILES string of the molecule is Cn1c(C2CCOCC2)nc2cc3c(cc21)CCN3. The van der Waals surface area contributed by atoms with Crippen LogP contribution in [0.25, 0.3) is 11.0 Å². The van der Waals surface area contributed by atoms with Crippen molar-refractivity contribution in [1.82, 2.24) is 9.55 Å². The van der Waals surface area contributed by atoms with E-state index in [1.54, 1.807) is 0 Å². The van der Waals surface area contributed by atoms with Crippen molar-refractivity contribution in [3.63, 3.8) is 0 Å². The van der Waals surface area contributed by atoms with E-state index >= 15 is 0 Å². The Hall–Kier alpha value is -1.55. The fourth-order valence-corrected chi connectivity index (χ4v) is 3.32. The van der Waals surface area contributed by atoms with E-state index in [1.807, 2.05) is 0 Å². The second-order valence-electron chi connectivity index (χ2n) is 5.59. The van der Waals surface area contributed by atoms with Gasteiger partial charge in [-0.1, -0.05) is 0 Å². The molecule has 4 rings (SSSR count). The van der Waals surface area contributed by atoms with Crippen molar-refractivity contribution in [2.24, 2.45) is 7.05 Å². The van der Waals surface area contributed by atoms with Crippen molar-refractivity contribution in [1.29, 1.82) is 0 Å². The van der Waals surface area contributed by atoms with Crippen molar-refractivity contribution in [3.05, 3.63) is 23.5 Å². The minimum atomic E-state index is 0.550. The first kappa shape index (κ1) is 11.3. The third kappa shape index (κ3) is 1.74. The maximum absolute atomic E-state index is 5.45. The van der Waals surface area contributed by atoms with Crippen LogP contribution < -0.4 is 5.32 Å². The zero-order valence-corrected chi connectivity index (χ0v) is 11.3. The van der Waals surface area contributed by atoms with Crippen LogP contribution in [0.2, 0.25) is 0 Å². The molecule has 1 saturated heterocycles. The molecule has 2 aromatic rings. The molecule has 1 fully saturated rings. The highest BCUT2D eigenvalue weighted by atomic mass is 16.5. The van der Waals surface area contributed by atoms with Gasteiger partial charge in [0.2, 0.25) is 0 Å². The number of nitrogens with one attached hydrogen (secondary N) is 1. The van der Waals surface area contributed by atoms with Gasteiger partial charge in [0.1, 0.15) is 5.82 Å². The van der Waals surface area contributed by atoms with Gasteiger partial charge in [-0.3, -0.25) is 0 Å².